The van der Waals surface area contributed by atoms with Crippen molar-refractivity contribution in [1.82, 2.24) is 5.43 Å². The number of fused-ring (bicyclic) bond motifs is 1. The molecule has 1 amide bonds. The van der Waals surface area contributed by atoms with E-state index in [0.29, 0.717) is 22.6 Å². The van der Waals surface area contributed by atoms with Gasteiger partial charge in [-0.3, -0.25) is 4.79 Å². The van der Waals surface area contributed by atoms with E-state index in [0.717, 1.165) is 0 Å². The van der Waals surface area contributed by atoms with Crippen molar-refractivity contribution < 1.29 is 24.2 Å². The van der Waals surface area contributed by atoms with Crippen LogP contribution in [0.4, 0.5) is 0 Å². The van der Waals surface area contributed by atoms with Gasteiger partial charge < -0.3 is 14.6 Å². The molecule has 2 aromatic rings. The van der Waals surface area contributed by atoms with E-state index in [2.05, 4.69) is 10.5 Å². The number of carboxylic acid groups (broad SMARTS) is 1. The highest BCUT2D eigenvalue weighted by Gasteiger charge is 2.16. The Hall–Kier alpha value is -3.35. The third-order valence-electron chi connectivity index (χ3n) is 3.20. The summed E-state index contributed by atoms with van der Waals surface area (Å²) in [7, 11) is 0. The van der Waals surface area contributed by atoms with Gasteiger partial charge in [0.2, 0.25) is 6.79 Å². The second-order valence-corrected chi connectivity index (χ2v) is 4.66. The number of hydrogen-bond acceptors (Lipinski definition) is 5. The Labute approximate surface area is 131 Å². The second-order valence-electron chi connectivity index (χ2n) is 4.66. The van der Waals surface area contributed by atoms with Gasteiger partial charge in [0, 0.05) is 11.1 Å². The topological polar surface area (TPSA) is 97.2 Å². The van der Waals surface area contributed by atoms with Crippen molar-refractivity contribution in [2.24, 2.45) is 5.10 Å². The highest BCUT2D eigenvalue weighted by molar-refractivity contribution is 5.99. The first kappa shape index (κ1) is 14.6. The molecule has 0 unspecified atom stereocenters. The predicted molar refractivity (Wildman–Crippen MR) is 81.0 cm³/mol. The van der Waals surface area contributed by atoms with E-state index in [9.17, 15) is 9.59 Å². The Morgan fingerprint density at radius 3 is 2.74 bits per heavy atom. The number of carboxylic acids is 1. The minimum absolute atomic E-state index is 0.105. The van der Waals surface area contributed by atoms with Gasteiger partial charge in [-0.1, -0.05) is 18.2 Å². The highest BCUT2D eigenvalue weighted by atomic mass is 16.7. The molecule has 0 fully saturated rings. The molecule has 0 spiro atoms. The standard InChI is InChI=1S/C16H12N2O5/c19-15(10-5-6-13-14(7-10)23-9-22-13)18-17-8-11-3-1-2-4-12(11)16(20)21/h1-8H,9H2,(H,18,19)(H,20,21)/b17-8-. The van der Waals surface area contributed by atoms with Crippen molar-refractivity contribution >= 4 is 18.1 Å². The van der Waals surface area contributed by atoms with Crippen molar-refractivity contribution in [3.63, 3.8) is 0 Å². The van der Waals surface area contributed by atoms with E-state index < -0.39 is 11.9 Å². The average molecular weight is 312 g/mol. The van der Waals surface area contributed by atoms with E-state index in [1.807, 2.05) is 0 Å². The van der Waals surface area contributed by atoms with Gasteiger partial charge in [-0.15, -0.1) is 0 Å². The molecule has 0 radical (unpaired) electrons. The SMILES string of the molecule is O=C(N/N=C\c1ccccc1C(=O)O)c1ccc2c(c1)OCO2. The number of ether oxygens (including phenoxy) is 2. The largest absolute Gasteiger partial charge is 0.478 e. The molecule has 116 valence electrons. The van der Waals surface area contributed by atoms with Gasteiger partial charge in [0.05, 0.1) is 11.8 Å². The molecule has 0 bridgehead atoms. The first-order chi connectivity index (χ1) is 11.1. The lowest BCUT2D eigenvalue weighted by atomic mass is 10.1. The fourth-order valence-electron chi connectivity index (χ4n) is 2.07. The van der Waals surface area contributed by atoms with Crippen LogP contribution in [-0.2, 0) is 0 Å². The summed E-state index contributed by atoms with van der Waals surface area (Å²) in [5, 5.41) is 12.9. The summed E-state index contributed by atoms with van der Waals surface area (Å²) in [6.07, 6.45) is 1.29. The molecule has 3 rings (SSSR count). The number of aromatic carboxylic acids is 1. The third-order valence-corrected chi connectivity index (χ3v) is 3.20. The zero-order chi connectivity index (χ0) is 16.2. The molecular weight excluding hydrogens is 300 g/mol. The van der Waals surface area contributed by atoms with E-state index >= 15 is 0 Å². The molecule has 0 saturated heterocycles. The maximum Gasteiger partial charge on any atom is 0.336 e. The van der Waals surface area contributed by atoms with Gasteiger partial charge in [0.1, 0.15) is 0 Å². The Kier molecular flexibility index (Phi) is 3.92. The molecular formula is C16H12N2O5. The molecule has 1 aliphatic heterocycles. The molecule has 7 heteroatoms. The molecule has 0 aromatic heterocycles. The van der Waals surface area contributed by atoms with Crippen LogP contribution in [0, 0.1) is 0 Å². The van der Waals surface area contributed by atoms with E-state index in [1.54, 1.807) is 36.4 Å². The van der Waals surface area contributed by atoms with Crippen LogP contribution >= 0.6 is 0 Å². The zero-order valence-corrected chi connectivity index (χ0v) is 11.9. The number of hydrogen-bond donors (Lipinski definition) is 2. The number of rotatable bonds is 4. The fraction of sp³-hybridized carbons (Fsp3) is 0.0625. The summed E-state index contributed by atoms with van der Waals surface area (Å²) in [5.41, 5.74) is 3.20. The lowest BCUT2D eigenvalue weighted by Gasteiger charge is -2.02. The van der Waals surface area contributed by atoms with Crippen molar-refractivity contribution in [3.8, 4) is 11.5 Å². The minimum Gasteiger partial charge on any atom is -0.478 e. The Bertz CT molecular complexity index is 801. The van der Waals surface area contributed by atoms with Gasteiger partial charge in [0.15, 0.2) is 11.5 Å². The lowest BCUT2D eigenvalue weighted by Crippen LogP contribution is -2.17. The molecule has 23 heavy (non-hydrogen) atoms. The number of amides is 1. The van der Waals surface area contributed by atoms with Crippen LogP contribution in [0.15, 0.2) is 47.6 Å². The molecule has 0 atom stereocenters. The molecule has 2 aromatic carbocycles. The molecule has 0 aliphatic carbocycles. The number of carbonyl (C=O) groups excluding carboxylic acids is 1. The summed E-state index contributed by atoms with van der Waals surface area (Å²) in [6, 6.07) is 11.1. The first-order valence-corrected chi connectivity index (χ1v) is 6.70. The van der Waals surface area contributed by atoms with Crippen molar-refractivity contribution in [3.05, 3.63) is 59.2 Å². The zero-order valence-electron chi connectivity index (χ0n) is 11.9. The van der Waals surface area contributed by atoms with Crippen LogP contribution in [0.5, 0.6) is 11.5 Å². The number of nitrogens with one attached hydrogen (secondary N) is 1. The van der Waals surface area contributed by atoms with Gasteiger partial charge in [0.25, 0.3) is 5.91 Å². The molecule has 1 heterocycles. The van der Waals surface area contributed by atoms with Crippen LogP contribution < -0.4 is 14.9 Å². The van der Waals surface area contributed by atoms with Crippen molar-refractivity contribution in [2.75, 3.05) is 6.79 Å². The summed E-state index contributed by atoms with van der Waals surface area (Å²) >= 11 is 0. The fourth-order valence-corrected chi connectivity index (χ4v) is 2.07. The van der Waals surface area contributed by atoms with Crippen LogP contribution in [0.25, 0.3) is 0 Å². The van der Waals surface area contributed by atoms with Gasteiger partial charge in [-0.25, -0.2) is 10.2 Å². The Morgan fingerprint density at radius 1 is 1.13 bits per heavy atom. The Morgan fingerprint density at radius 2 is 1.91 bits per heavy atom. The predicted octanol–water partition coefficient (Wildman–Crippen LogP) is 1.88. The number of nitrogens with zero attached hydrogens (tertiary/aromatic N) is 1. The smallest absolute Gasteiger partial charge is 0.336 e. The number of carbonyl (C=O) groups is 2. The molecule has 0 saturated carbocycles. The van der Waals surface area contributed by atoms with Crippen LogP contribution in [0.3, 0.4) is 0 Å². The average Bonchev–Trinajstić information content (AvgIpc) is 3.02. The molecule has 2 N–H and O–H groups in total. The Balaban J connectivity index is 1.71. The molecule has 7 nitrogen and oxygen atoms in total. The monoisotopic (exact) mass is 312 g/mol. The maximum atomic E-state index is 12.0. The van der Waals surface area contributed by atoms with E-state index in [4.69, 9.17) is 14.6 Å². The quantitative estimate of drug-likeness (QED) is 0.663. The molecule has 1 aliphatic rings. The van der Waals surface area contributed by atoms with Gasteiger partial charge in [-0.2, -0.15) is 5.10 Å². The summed E-state index contributed by atoms with van der Waals surface area (Å²) in [6.45, 7) is 0.129. The van der Waals surface area contributed by atoms with E-state index in [-0.39, 0.29) is 12.4 Å². The lowest BCUT2D eigenvalue weighted by molar-refractivity contribution is 0.0696. The minimum atomic E-state index is -1.06. The van der Waals surface area contributed by atoms with Crippen LogP contribution in [-0.4, -0.2) is 30.0 Å². The maximum absolute atomic E-state index is 12.0. The number of benzene rings is 2. The van der Waals surface area contributed by atoms with Crippen LogP contribution in [0.1, 0.15) is 26.3 Å². The summed E-state index contributed by atoms with van der Waals surface area (Å²) in [4.78, 5) is 23.1. The van der Waals surface area contributed by atoms with Crippen molar-refractivity contribution in [2.45, 2.75) is 0 Å². The third kappa shape index (κ3) is 3.13. The van der Waals surface area contributed by atoms with Gasteiger partial charge >= 0.3 is 5.97 Å². The number of hydrazone groups is 1. The summed E-state index contributed by atoms with van der Waals surface area (Å²) in [5.74, 6) is -0.417. The first-order valence-electron chi connectivity index (χ1n) is 6.70. The second kappa shape index (κ2) is 6.18. The normalized spacial score (nSPS) is 12.3. The summed E-state index contributed by atoms with van der Waals surface area (Å²) < 4.78 is 10.4. The van der Waals surface area contributed by atoms with Gasteiger partial charge in [-0.05, 0) is 24.3 Å². The van der Waals surface area contributed by atoms with Crippen LogP contribution in [0.2, 0.25) is 0 Å². The van der Waals surface area contributed by atoms with Crippen molar-refractivity contribution in [1.29, 1.82) is 0 Å². The highest BCUT2D eigenvalue weighted by Crippen LogP contribution is 2.32. The van der Waals surface area contributed by atoms with E-state index in [1.165, 1.54) is 12.3 Å².